The van der Waals surface area contributed by atoms with Crippen LogP contribution in [0.2, 0.25) is 0 Å². The Labute approximate surface area is 152 Å². The normalized spacial score (nSPS) is 18.0. The summed E-state index contributed by atoms with van der Waals surface area (Å²) in [6.45, 7) is 8.30. The third-order valence-electron chi connectivity index (χ3n) is 4.79. The quantitative estimate of drug-likeness (QED) is 0.589. The number of hydrogen-bond donors (Lipinski definition) is 2. The van der Waals surface area contributed by atoms with Crippen LogP contribution in [-0.2, 0) is 0 Å². The SMILES string of the molecule is CN=C(NCCC1CCN(C)CC1)NCC(C)Oc1cccc(C)c1. The van der Waals surface area contributed by atoms with Gasteiger partial charge in [-0.1, -0.05) is 12.1 Å². The topological polar surface area (TPSA) is 48.9 Å². The lowest BCUT2D eigenvalue weighted by Crippen LogP contribution is -2.42. The van der Waals surface area contributed by atoms with Crippen LogP contribution in [0.4, 0.5) is 0 Å². The van der Waals surface area contributed by atoms with Crippen molar-refractivity contribution in [1.29, 1.82) is 0 Å². The molecule has 1 aromatic carbocycles. The molecule has 0 saturated carbocycles. The number of likely N-dealkylation sites (tertiary alicyclic amines) is 1. The Balaban J connectivity index is 1.64. The molecule has 0 amide bonds. The largest absolute Gasteiger partial charge is 0.489 e. The fourth-order valence-corrected chi connectivity index (χ4v) is 3.17. The molecule has 0 spiro atoms. The molecule has 1 saturated heterocycles. The van der Waals surface area contributed by atoms with E-state index in [0.717, 1.165) is 30.7 Å². The highest BCUT2D eigenvalue weighted by Gasteiger charge is 2.16. The van der Waals surface area contributed by atoms with Gasteiger partial charge >= 0.3 is 0 Å². The first-order chi connectivity index (χ1) is 12.1. The van der Waals surface area contributed by atoms with Crippen molar-refractivity contribution in [2.75, 3.05) is 40.3 Å². The lowest BCUT2D eigenvalue weighted by molar-refractivity contribution is 0.212. The van der Waals surface area contributed by atoms with Gasteiger partial charge in [0, 0.05) is 13.6 Å². The highest BCUT2D eigenvalue weighted by molar-refractivity contribution is 5.79. The molecule has 2 N–H and O–H groups in total. The summed E-state index contributed by atoms with van der Waals surface area (Å²) in [5.41, 5.74) is 1.21. The molecule has 1 aliphatic rings. The van der Waals surface area contributed by atoms with E-state index in [9.17, 15) is 0 Å². The van der Waals surface area contributed by atoms with Crippen LogP contribution in [0, 0.1) is 12.8 Å². The molecule has 1 atom stereocenters. The molecule has 1 aromatic rings. The van der Waals surface area contributed by atoms with E-state index in [1.165, 1.54) is 37.9 Å². The Morgan fingerprint density at radius 1 is 1.32 bits per heavy atom. The van der Waals surface area contributed by atoms with E-state index >= 15 is 0 Å². The Bertz CT molecular complexity index is 538. The third kappa shape index (κ3) is 7.34. The maximum Gasteiger partial charge on any atom is 0.191 e. The minimum absolute atomic E-state index is 0.0780. The van der Waals surface area contributed by atoms with Crippen LogP contribution >= 0.6 is 0 Å². The Hall–Kier alpha value is -1.75. The first kappa shape index (κ1) is 19.6. The molecular formula is C20H34N4O. The second kappa shape index (κ2) is 10.3. The van der Waals surface area contributed by atoms with Gasteiger partial charge in [-0.3, -0.25) is 4.99 Å². The number of ether oxygens (including phenoxy) is 1. The molecule has 0 radical (unpaired) electrons. The average Bonchev–Trinajstić information content (AvgIpc) is 2.59. The van der Waals surface area contributed by atoms with Gasteiger partial charge < -0.3 is 20.3 Å². The molecule has 140 valence electrons. The molecule has 2 rings (SSSR count). The third-order valence-corrected chi connectivity index (χ3v) is 4.79. The summed E-state index contributed by atoms with van der Waals surface area (Å²) < 4.78 is 5.95. The fourth-order valence-electron chi connectivity index (χ4n) is 3.17. The second-order valence-electron chi connectivity index (χ2n) is 7.16. The van der Waals surface area contributed by atoms with E-state index in [1.54, 1.807) is 0 Å². The van der Waals surface area contributed by atoms with Crippen LogP contribution in [0.5, 0.6) is 5.75 Å². The van der Waals surface area contributed by atoms with E-state index in [4.69, 9.17) is 4.74 Å². The van der Waals surface area contributed by atoms with Gasteiger partial charge in [-0.2, -0.15) is 0 Å². The maximum atomic E-state index is 5.95. The molecule has 5 nitrogen and oxygen atoms in total. The number of nitrogens with one attached hydrogen (secondary N) is 2. The summed E-state index contributed by atoms with van der Waals surface area (Å²) in [6, 6.07) is 8.16. The molecule has 1 unspecified atom stereocenters. The summed E-state index contributed by atoms with van der Waals surface area (Å²) in [7, 11) is 4.03. The van der Waals surface area contributed by atoms with Gasteiger partial charge in [-0.15, -0.1) is 0 Å². The second-order valence-corrected chi connectivity index (χ2v) is 7.16. The van der Waals surface area contributed by atoms with Crippen LogP contribution in [0.3, 0.4) is 0 Å². The molecule has 1 heterocycles. The van der Waals surface area contributed by atoms with Crippen LogP contribution in [0.15, 0.2) is 29.3 Å². The summed E-state index contributed by atoms with van der Waals surface area (Å²) in [6.07, 6.45) is 3.91. The number of aliphatic imine (C=N–C) groups is 1. The standard InChI is InChI=1S/C20H34N4O/c1-16-6-5-7-19(14-16)25-17(2)15-23-20(21-3)22-11-8-18-9-12-24(4)13-10-18/h5-7,14,17-18H,8-13,15H2,1-4H3,(H2,21,22,23). The maximum absolute atomic E-state index is 5.95. The molecule has 1 aliphatic heterocycles. The number of benzene rings is 1. The number of guanidine groups is 1. The Morgan fingerprint density at radius 2 is 2.08 bits per heavy atom. The lowest BCUT2D eigenvalue weighted by atomic mass is 9.94. The van der Waals surface area contributed by atoms with Crippen molar-refractivity contribution in [3.63, 3.8) is 0 Å². The molecule has 25 heavy (non-hydrogen) atoms. The van der Waals surface area contributed by atoms with Crippen molar-refractivity contribution in [2.24, 2.45) is 10.9 Å². The van der Waals surface area contributed by atoms with E-state index in [1.807, 2.05) is 19.2 Å². The number of aryl methyl sites for hydroxylation is 1. The lowest BCUT2D eigenvalue weighted by Gasteiger charge is -2.29. The number of piperidine rings is 1. The van der Waals surface area contributed by atoms with Crippen molar-refractivity contribution in [1.82, 2.24) is 15.5 Å². The summed E-state index contributed by atoms with van der Waals surface area (Å²) in [5.74, 6) is 2.61. The van der Waals surface area contributed by atoms with Gasteiger partial charge in [-0.05, 0) is 76.9 Å². The van der Waals surface area contributed by atoms with E-state index in [0.29, 0.717) is 0 Å². The molecule has 1 fully saturated rings. The summed E-state index contributed by atoms with van der Waals surface area (Å²) in [4.78, 5) is 6.72. The van der Waals surface area contributed by atoms with E-state index < -0.39 is 0 Å². The monoisotopic (exact) mass is 346 g/mol. The minimum atomic E-state index is 0.0780. The van der Waals surface area contributed by atoms with Gasteiger partial charge in [0.1, 0.15) is 11.9 Å². The van der Waals surface area contributed by atoms with Crippen molar-refractivity contribution < 1.29 is 4.74 Å². The highest BCUT2D eigenvalue weighted by Crippen LogP contribution is 2.18. The van der Waals surface area contributed by atoms with E-state index in [2.05, 4.69) is 53.6 Å². The van der Waals surface area contributed by atoms with Crippen molar-refractivity contribution in [2.45, 2.75) is 39.2 Å². The van der Waals surface area contributed by atoms with Crippen LogP contribution in [0.25, 0.3) is 0 Å². The molecule has 5 heteroatoms. The number of hydrogen-bond acceptors (Lipinski definition) is 3. The molecular weight excluding hydrogens is 312 g/mol. The number of rotatable bonds is 7. The highest BCUT2D eigenvalue weighted by atomic mass is 16.5. The predicted octanol–water partition coefficient (Wildman–Crippen LogP) is 2.66. The molecule has 0 bridgehead atoms. The smallest absolute Gasteiger partial charge is 0.191 e. The van der Waals surface area contributed by atoms with Gasteiger partial charge in [0.2, 0.25) is 0 Å². The van der Waals surface area contributed by atoms with Crippen molar-refractivity contribution in [3.8, 4) is 5.75 Å². The predicted molar refractivity (Wildman–Crippen MR) is 105 cm³/mol. The average molecular weight is 347 g/mol. The zero-order chi connectivity index (χ0) is 18.1. The van der Waals surface area contributed by atoms with Crippen LogP contribution in [0.1, 0.15) is 31.7 Å². The summed E-state index contributed by atoms with van der Waals surface area (Å²) in [5, 5.41) is 6.78. The van der Waals surface area contributed by atoms with E-state index in [-0.39, 0.29) is 6.10 Å². The zero-order valence-electron chi connectivity index (χ0n) is 16.2. The number of nitrogens with zero attached hydrogens (tertiary/aromatic N) is 2. The van der Waals surface area contributed by atoms with Gasteiger partial charge in [0.25, 0.3) is 0 Å². The van der Waals surface area contributed by atoms with Gasteiger partial charge in [0.15, 0.2) is 5.96 Å². The zero-order valence-corrected chi connectivity index (χ0v) is 16.2. The summed E-state index contributed by atoms with van der Waals surface area (Å²) >= 11 is 0. The van der Waals surface area contributed by atoms with Crippen molar-refractivity contribution >= 4 is 5.96 Å². The van der Waals surface area contributed by atoms with Gasteiger partial charge in [0.05, 0.1) is 6.54 Å². The van der Waals surface area contributed by atoms with Crippen LogP contribution in [-0.4, -0.2) is 57.2 Å². The first-order valence-electron chi connectivity index (χ1n) is 9.43. The van der Waals surface area contributed by atoms with Crippen molar-refractivity contribution in [3.05, 3.63) is 29.8 Å². The Morgan fingerprint density at radius 3 is 2.76 bits per heavy atom. The molecule has 0 aliphatic carbocycles. The van der Waals surface area contributed by atoms with Gasteiger partial charge in [-0.25, -0.2) is 0 Å². The van der Waals surface area contributed by atoms with Crippen LogP contribution < -0.4 is 15.4 Å². The fraction of sp³-hybridized carbons (Fsp3) is 0.650. The first-order valence-corrected chi connectivity index (χ1v) is 9.43. The Kier molecular flexibility index (Phi) is 8.06. The molecule has 0 aromatic heterocycles. The minimum Gasteiger partial charge on any atom is -0.489 e.